The van der Waals surface area contributed by atoms with Crippen LogP contribution in [0.5, 0.6) is 0 Å². The first-order chi connectivity index (χ1) is 4.06. The molecule has 0 aliphatic heterocycles. The Morgan fingerprint density at radius 3 is 2.00 bits per heavy atom. The molecule has 0 aromatic heterocycles. The van der Waals surface area contributed by atoms with Gasteiger partial charge in [0.1, 0.15) is 0 Å². The highest BCUT2D eigenvalue weighted by atomic mass is 19.3. The summed E-state index contributed by atoms with van der Waals surface area (Å²) >= 11 is 0. The molecule has 9 heavy (non-hydrogen) atoms. The van der Waals surface area contributed by atoms with Crippen LogP contribution in [0.3, 0.4) is 0 Å². The third kappa shape index (κ3) is 1.86. The molecule has 0 fully saturated rings. The fourth-order valence-electron chi connectivity index (χ4n) is 0.388. The lowest BCUT2D eigenvalue weighted by Gasteiger charge is -2.19. The van der Waals surface area contributed by atoms with Crippen molar-refractivity contribution in [2.45, 2.75) is 25.4 Å². The molecule has 0 heterocycles. The molecule has 1 nitrogen and oxygen atoms in total. The minimum absolute atomic E-state index is 0.235. The lowest BCUT2D eigenvalue weighted by atomic mass is 10.1. The van der Waals surface area contributed by atoms with Crippen molar-refractivity contribution in [3.8, 4) is 0 Å². The fourth-order valence-corrected chi connectivity index (χ4v) is 0.388. The summed E-state index contributed by atoms with van der Waals surface area (Å²) < 4.78 is 35.8. The first-order valence-electron chi connectivity index (χ1n) is 2.74. The summed E-state index contributed by atoms with van der Waals surface area (Å²) in [6, 6.07) is 0. The van der Waals surface area contributed by atoms with Gasteiger partial charge in [0.2, 0.25) is 0 Å². The van der Waals surface area contributed by atoms with E-state index in [1.54, 1.807) is 0 Å². The summed E-state index contributed by atoms with van der Waals surface area (Å²) in [5.74, 6) is 0. The summed E-state index contributed by atoms with van der Waals surface area (Å²) in [4.78, 5) is 0. The van der Waals surface area contributed by atoms with E-state index in [1.807, 2.05) is 0 Å². The fraction of sp³-hybridized carbons (Fsp3) is 1.00. The molecule has 0 aromatic carbocycles. The van der Waals surface area contributed by atoms with Crippen molar-refractivity contribution in [2.75, 3.05) is 6.54 Å². The Kier molecular flexibility index (Phi) is 2.97. The molecular weight excluding hydrogens is 131 g/mol. The van der Waals surface area contributed by atoms with Crippen LogP contribution in [0.4, 0.5) is 13.2 Å². The van der Waals surface area contributed by atoms with Crippen LogP contribution in [0.15, 0.2) is 0 Å². The number of halogens is 3. The Bertz CT molecular complexity index is 80.3. The van der Waals surface area contributed by atoms with E-state index in [-0.39, 0.29) is 6.42 Å². The Hall–Kier alpha value is -0.250. The van der Waals surface area contributed by atoms with Gasteiger partial charge in [0.15, 0.2) is 5.67 Å². The van der Waals surface area contributed by atoms with Crippen molar-refractivity contribution in [3.63, 3.8) is 0 Å². The third-order valence-electron chi connectivity index (χ3n) is 1.32. The number of rotatable bonds is 3. The quantitative estimate of drug-likeness (QED) is 0.630. The molecule has 1 atom stereocenters. The molecule has 4 heteroatoms. The van der Waals surface area contributed by atoms with Gasteiger partial charge in [0.05, 0.1) is 0 Å². The highest BCUT2D eigenvalue weighted by Gasteiger charge is 2.36. The molecule has 0 aliphatic carbocycles. The van der Waals surface area contributed by atoms with E-state index in [0.29, 0.717) is 0 Å². The smallest absolute Gasteiger partial charge is 0.273 e. The summed E-state index contributed by atoms with van der Waals surface area (Å²) in [6.07, 6.45) is -3.20. The minimum Gasteiger partial charge on any atom is -0.327 e. The predicted molar refractivity (Wildman–Crippen MR) is 29.2 cm³/mol. The van der Waals surface area contributed by atoms with Gasteiger partial charge in [0, 0.05) is 6.54 Å². The Morgan fingerprint density at radius 1 is 1.56 bits per heavy atom. The van der Waals surface area contributed by atoms with Crippen molar-refractivity contribution in [1.82, 2.24) is 0 Å². The van der Waals surface area contributed by atoms with E-state index in [1.165, 1.54) is 6.92 Å². The van der Waals surface area contributed by atoms with Crippen LogP contribution in [0.1, 0.15) is 13.3 Å². The van der Waals surface area contributed by atoms with Gasteiger partial charge in [-0.05, 0) is 6.42 Å². The molecule has 0 saturated carbocycles. The van der Waals surface area contributed by atoms with Gasteiger partial charge < -0.3 is 5.73 Å². The summed E-state index contributed by atoms with van der Waals surface area (Å²) in [7, 11) is 0. The molecule has 0 radical (unpaired) electrons. The molecule has 0 saturated heterocycles. The molecule has 0 aromatic rings. The van der Waals surface area contributed by atoms with Gasteiger partial charge in [-0.1, -0.05) is 6.92 Å². The van der Waals surface area contributed by atoms with Crippen molar-refractivity contribution < 1.29 is 13.2 Å². The van der Waals surface area contributed by atoms with Gasteiger partial charge in [-0.3, -0.25) is 0 Å². The standard InChI is InChI=1S/C5H10F3N/c1-2-5(8,3-9)4(6)7/h4H,2-3,9H2,1H3. The zero-order chi connectivity index (χ0) is 7.49. The van der Waals surface area contributed by atoms with Crippen LogP contribution < -0.4 is 5.73 Å². The monoisotopic (exact) mass is 141 g/mol. The molecule has 0 rings (SSSR count). The van der Waals surface area contributed by atoms with E-state index in [2.05, 4.69) is 0 Å². The predicted octanol–water partition coefficient (Wildman–Crippen LogP) is 1.33. The second-order valence-corrected chi connectivity index (χ2v) is 1.89. The highest BCUT2D eigenvalue weighted by molar-refractivity contribution is 4.80. The molecule has 0 spiro atoms. The van der Waals surface area contributed by atoms with E-state index in [9.17, 15) is 13.2 Å². The Morgan fingerprint density at radius 2 is 2.00 bits per heavy atom. The average Bonchev–Trinajstić information content (AvgIpc) is 1.86. The lowest BCUT2D eigenvalue weighted by molar-refractivity contribution is -0.0307. The van der Waals surface area contributed by atoms with Crippen molar-refractivity contribution in [3.05, 3.63) is 0 Å². The number of hydrogen-bond donors (Lipinski definition) is 1. The van der Waals surface area contributed by atoms with Crippen molar-refractivity contribution in [2.24, 2.45) is 5.73 Å². The van der Waals surface area contributed by atoms with E-state index < -0.39 is 18.6 Å². The maximum atomic E-state index is 12.5. The van der Waals surface area contributed by atoms with Crippen LogP contribution >= 0.6 is 0 Å². The van der Waals surface area contributed by atoms with Gasteiger partial charge in [0.25, 0.3) is 6.43 Å². The summed E-state index contributed by atoms with van der Waals surface area (Å²) in [5.41, 5.74) is 2.29. The van der Waals surface area contributed by atoms with E-state index in [4.69, 9.17) is 5.73 Å². The largest absolute Gasteiger partial charge is 0.327 e. The minimum atomic E-state index is -2.97. The van der Waals surface area contributed by atoms with Crippen molar-refractivity contribution in [1.29, 1.82) is 0 Å². The molecule has 0 aliphatic rings. The second-order valence-electron chi connectivity index (χ2n) is 1.89. The lowest BCUT2D eigenvalue weighted by Crippen LogP contribution is -2.39. The number of nitrogens with two attached hydrogens (primary N) is 1. The molecule has 56 valence electrons. The van der Waals surface area contributed by atoms with Crippen LogP contribution in [-0.2, 0) is 0 Å². The third-order valence-corrected chi connectivity index (χ3v) is 1.32. The molecule has 0 bridgehead atoms. The maximum absolute atomic E-state index is 12.5. The first-order valence-corrected chi connectivity index (χ1v) is 2.74. The van der Waals surface area contributed by atoms with Crippen LogP contribution in [-0.4, -0.2) is 18.6 Å². The first kappa shape index (κ1) is 8.75. The highest BCUT2D eigenvalue weighted by Crippen LogP contribution is 2.22. The molecule has 1 unspecified atom stereocenters. The van der Waals surface area contributed by atoms with Crippen LogP contribution in [0.2, 0.25) is 0 Å². The van der Waals surface area contributed by atoms with Crippen molar-refractivity contribution >= 4 is 0 Å². The second kappa shape index (κ2) is 3.06. The maximum Gasteiger partial charge on any atom is 0.273 e. The van der Waals surface area contributed by atoms with Crippen LogP contribution in [0.25, 0.3) is 0 Å². The Labute approximate surface area is 52.0 Å². The van der Waals surface area contributed by atoms with Gasteiger partial charge >= 0.3 is 0 Å². The SMILES string of the molecule is CCC(F)(CN)C(F)F. The topological polar surface area (TPSA) is 26.0 Å². The molecule has 2 N–H and O–H groups in total. The van der Waals surface area contributed by atoms with Gasteiger partial charge in [-0.25, -0.2) is 13.2 Å². The van der Waals surface area contributed by atoms with Gasteiger partial charge in [-0.15, -0.1) is 0 Å². The Balaban J connectivity index is 3.92. The average molecular weight is 141 g/mol. The summed E-state index contributed by atoms with van der Waals surface area (Å²) in [5, 5.41) is 0. The zero-order valence-electron chi connectivity index (χ0n) is 5.20. The van der Waals surface area contributed by atoms with E-state index in [0.717, 1.165) is 0 Å². The normalized spacial score (nSPS) is 18.0. The van der Waals surface area contributed by atoms with E-state index >= 15 is 0 Å². The number of hydrogen-bond acceptors (Lipinski definition) is 1. The molecule has 0 amide bonds. The zero-order valence-corrected chi connectivity index (χ0v) is 5.20. The number of alkyl halides is 3. The molecular formula is C5H10F3N. The van der Waals surface area contributed by atoms with Crippen LogP contribution in [0, 0.1) is 0 Å². The van der Waals surface area contributed by atoms with Gasteiger partial charge in [-0.2, -0.15) is 0 Å². The summed E-state index contributed by atoms with van der Waals surface area (Å²) in [6.45, 7) is 0.736.